The molecule has 112 valence electrons. The second-order valence-corrected chi connectivity index (χ2v) is 5.53. The topological polar surface area (TPSA) is 92.4 Å². The van der Waals surface area contributed by atoms with E-state index < -0.39 is 5.97 Å². The lowest BCUT2D eigenvalue weighted by atomic mass is 10.2. The Morgan fingerprint density at radius 3 is 2.86 bits per heavy atom. The van der Waals surface area contributed by atoms with Crippen LogP contribution in [0.5, 0.6) is 0 Å². The van der Waals surface area contributed by atoms with Crippen molar-refractivity contribution in [1.29, 1.82) is 0 Å². The average Bonchev–Trinajstić information content (AvgIpc) is 3.13. The SMILES string of the molecule is O=C(O)c1csc(CCNC(=O)c2cc3ccccc3o2)n1. The number of para-hydroxylation sites is 1. The molecule has 1 amide bonds. The number of carbonyl (C=O) groups excluding carboxylic acids is 1. The highest BCUT2D eigenvalue weighted by Crippen LogP contribution is 2.18. The number of aromatic nitrogens is 1. The van der Waals surface area contributed by atoms with E-state index in [1.807, 2.05) is 18.2 Å². The summed E-state index contributed by atoms with van der Waals surface area (Å²) in [5.74, 6) is -1.09. The minimum Gasteiger partial charge on any atom is -0.476 e. The van der Waals surface area contributed by atoms with Crippen molar-refractivity contribution in [3.8, 4) is 0 Å². The first-order valence-electron chi connectivity index (χ1n) is 6.58. The molecular formula is C15H12N2O4S. The van der Waals surface area contributed by atoms with Crippen LogP contribution >= 0.6 is 11.3 Å². The van der Waals surface area contributed by atoms with Crippen LogP contribution in [0.4, 0.5) is 0 Å². The Morgan fingerprint density at radius 1 is 1.32 bits per heavy atom. The summed E-state index contributed by atoms with van der Waals surface area (Å²) >= 11 is 1.26. The number of thiazole rings is 1. The van der Waals surface area contributed by atoms with E-state index >= 15 is 0 Å². The van der Waals surface area contributed by atoms with Gasteiger partial charge < -0.3 is 14.8 Å². The fraction of sp³-hybridized carbons (Fsp3) is 0.133. The predicted octanol–water partition coefficient (Wildman–Crippen LogP) is 2.56. The molecule has 6 nitrogen and oxygen atoms in total. The standard InChI is InChI=1S/C15H12N2O4S/c18-14(12-7-9-3-1-2-4-11(9)21-12)16-6-5-13-17-10(8-22-13)15(19)20/h1-4,7-8H,5-6H2,(H,16,18)(H,19,20). The number of carboxylic acid groups (broad SMARTS) is 1. The Morgan fingerprint density at radius 2 is 2.14 bits per heavy atom. The van der Waals surface area contributed by atoms with Gasteiger partial charge in [-0.1, -0.05) is 18.2 Å². The second-order valence-electron chi connectivity index (χ2n) is 4.59. The molecule has 0 aliphatic heterocycles. The number of hydrogen-bond donors (Lipinski definition) is 2. The Hall–Kier alpha value is -2.67. The summed E-state index contributed by atoms with van der Waals surface area (Å²) < 4.78 is 5.47. The van der Waals surface area contributed by atoms with Crippen LogP contribution in [0.15, 0.2) is 40.1 Å². The number of rotatable bonds is 5. The van der Waals surface area contributed by atoms with Gasteiger partial charge in [-0.05, 0) is 12.1 Å². The maximum atomic E-state index is 12.0. The third kappa shape index (κ3) is 2.99. The van der Waals surface area contributed by atoms with Crippen LogP contribution in [0.25, 0.3) is 11.0 Å². The van der Waals surface area contributed by atoms with E-state index in [2.05, 4.69) is 10.3 Å². The van der Waals surface area contributed by atoms with E-state index in [4.69, 9.17) is 9.52 Å². The van der Waals surface area contributed by atoms with Gasteiger partial charge in [0.15, 0.2) is 11.5 Å². The quantitative estimate of drug-likeness (QED) is 0.754. The summed E-state index contributed by atoms with van der Waals surface area (Å²) in [7, 11) is 0. The number of aromatic carboxylic acids is 1. The molecule has 0 aliphatic rings. The van der Waals surface area contributed by atoms with Crippen LogP contribution < -0.4 is 5.32 Å². The molecule has 0 saturated carbocycles. The monoisotopic (exact) mass is 316 g/mol. The van der Waals surface area contributed by atoms with Gasteiger partial charge in [-0.25, -0.2) is 9.78 Å². The van der Waals surface area contributed by atoms with E-state index in [1.54, 1.807) is 12.1 Å². The summed E-state index contributed by atoms with van der Waals surface area (Å²) in [5, 5.41) is 14.6. The van der Waals surface area contributed by atoms with E-state index in [0.717, 1.165) is 5.39 Å². The van der Waals surface area contributed by atoms with E-state index in [0.29, 0.717) is 23.6 Å². The zero-order chi connectivity index (χ0) is 15.5. The van der Waals surface area contributed by atoms with Crippen LogP contribution in [0.3, 0.4) is 0 Å². The molecule has 2 N–H and O–H groups in total. The summed E-state index contributed by atoms with van der Waals surface area (Å²) in [6, 6.07) is 9.09. The number of nitrogens with zero attached hydrogens (tertiary/aromatic N) is 1. The predicted molar refractivity (Wildman–Crippen MR) is 81.3 cm³/mol. The highest BCUT2D eigenvalue weighted by atomic mass is 32.1. The molecule has 3 rings (SSSR count). The summed E-state index contributed by atoms with van der Waals surface area (Å²) in [4.78, 5) is 26.7. The summed E-state index contributed by atoms with van der Waals surface area (Å²) in [6.45, 7) is 0.364. The fourth-order valence-electron chi connectivity index (χ4n) is 1.99. The van der Waals surface area contributed by atoms with Crippen molar-refractivity contribution in [2.24, 2.45) is 0 Å². The molecule has 1 aromatic carbocycles. The molecule has 0 radical (unpaired) electrons. The highest BCUT2D eigenvalue weighted by molar-refractivity contribution is 7.09. The zero-order valence-electron chi connectivity index (χ0n) is 11.4. The summed E-state index contributed by atoms with van der Waals surface area (Å²) in [6.07, 6.45) is 0.476. The number of carboxylic acids is 1. The van der Waals surface area contributed by atoms with E-state index in [1.165, 1.54) is 16.7 Å². The Balaban J connectivity index is 1.58. The minimum atomic E-state index is -1.05. The lowest BCUT2D eigenvalue weighted by molar-refractivity contribution is 0.0690. The van der Waals surface area contributed by atoms with Gasteiger partial charge in [-0.2, -0.15) is 0 Å². The van der Waals surface area contributed by atoms with E-state index in [9.17, 15) is 9.59 Å². The zero-order valence-corrected chi connectivity index (χ0v) is 12.2. The second kappa shape index (κ2) is 5.98. The van der Waals surface area contributed by atoms with E-state index in [-0.39, 0.29) is 17.4 Å². The van der Waals surface area contributed by atoms with Crippen LogP contribution in [0.2, 0.25) is 0 Å². The number of benzene rings is 1. The Bertz CT molecular complexity index is 804. The molecule has 22 heavy (non-hydrogen) atoms. The Kier molecular flexibility index (Phi) is 3.88. The molecule has 0 aliphatic carbocycles. The maximum absolute atomic E-state index is 12.0. The first kappa shape index (κ1) is 14.3. The van der Waals surface area contributed by atoms with Gasteiger partial charge in [0.05, 0.1) is 5.01 Å². The van der Waals surface area contributed by atoms with Gasteiger partial charge in [0, 0.05) is 23.7 Å². The molecular weight excluding hydrogens is 304 g/mol. The normalized spacial score (nSPS) is 10.7. The van der Waals surface area contributed by atoms with Crippen molar-refractivity contribution in [3.63, 3.8) is 0 Å². The molecule has 2 aromatic heterocycles. The van der Waals surface area contributed by atoms with Gasteiger partial charge in [0.2, 0.25) is 0 Å². The molecule has 0 fully saturated rings. The van der Waals surface area contributed by atoms with Gasteiger partial charge in [0.1, 0.15) is 5.58 Å². The van der Waals surface area contributed by atoms with Gasteiger partial charge in [-0.15, -0.1) is 11.3 Å². The number of amides is 1. The summed E-state index contributed by atoms with van der Waals surface area (Å²) in [5.41, 5.74) is 0.697. The first-order chi connectivity index (χ1) is 10.6. The number of fused-ring (bicyclic) bond motifs is 1. The number of nitrogens with one attached hydrogen (secondary N) is 1. The minimum absolute atomic E-state index is 0.0311. The molecule has 0 bridgehead atoms. The van der Waals surface area contributed by atoms with Gasteiger partial charge in [-0.3, -0.25) is 4.79 Å². The number of hydrogen-bond acceptors (Lipinski definition) is 5. The first-order valence-corrected chi connectivity index (χ1v) is 7.46. The number of carbonyl (C=O) groups is 2. The largest absolute Gasteiger partial charge is 0.476 e. The van der Waals surface area contributed by atoms with Gasteiger partial charge >= 0.3 is 5.97 Å². The maximum Gasteiger partial charge on any atom is 0.355 e. The van der Waals surface area contributed by atoms with Crippen molar-refractivity contribution in [2.75, 3.05) is 6.54 Å². The lowest BCUT2D eigenvalue weighted by Crippen LogP contribution is -2.25. The van der Waals surface area contributed by atoms with Crippen LogP contribution in [-0.2, 0) is 6.42 Å². The molecule has 0 spiro atoms. The van der Waals surface area contributed by atoms with Crippen LogP contribution in [-0.4, -0.2) is 28.5 Å². The highest BCUT2D eigenvalue weighted by Gasteiger charge is 2.12. The third-order valence-corrected chi connectivity index (χ3v) is 3.95. The lowest BCUT2D eigenvalue weighted by Gasteiger charge is -2.00. The smallest absolute Gasteiger partial charge is 0.355 e. The van der Waals surface area contributed by atoms with Crippen LogP contribution in [0, 0.1) is 0 Å². The van der Waals surface area contributed by atoms with Crippen LogP contribution in [0.1, 0.15) is 26.1 Å². The Labute approximate surface area is 129 Å². The average molecular weight is 316 g/mol. The molecule has 2 heterocycles. The van der Waals surface area contributed by atoms with Crippen molar-refractivity contribution >= 4 is 34.2 Å². The van der Waals surface area contributed by atoms with Crippen molar-refractivity contribution in [3.05, 3.63) is 52.2 Å². The molecule has 3 aromatic rings. The van der Waals surface area contributed by atoms with Crippen molar-refractivity contribution < 1.29 is 19.1 Å². The van der Waals surface area contributed by atoms with Crippen molar-refractivity contribution in [2.45, 2.75) is 6.42 Å². The fourth-order valence-corrected chi connectivity index (χ4v) is 2.76. The van der Waals surface area contributed by atoms with Crippen molar-refractivity contribution in [1.82, 2.24) is 10.3 Å². The molecule has 7 heteroatoms. The molecule has 0 unspecified atom stereocenters. The number of furan rings is 1. The third-order valence-electron chi connectivity index (χ3n) is 3.04. The molecule has 0 saturated heterocycles. The van der Waals surface area contributed by atoms with Gasteiger partial charge in [0.25, 0.3) is 5.91 Å². The molecule has 0 atom stereocenters.